The lowest BCUT2D eigenvalue weighted by atomic mass is 9.85. The summed E-state index contributed by atoms with van der Waals surface area (Å²) in [4.78, 5) is 2.72. The maximum absolute atomic E-state index is 3.43. The molecule has 0 aliphatic carbocycles. The van der Waals surface area contributed by atoms with Crippen LogP contribution in [0.4, 0.5) is 0 Å². The predicted octanol–water partition coefficient (Wildman–Crippen LogP) is 2.74. The first-order valence-corrected chi connectivity index (χ1v) is 7.02. The number of hydrogen-bond donors (Lipinski definition) is 1. The molecule has 0 radical (unpaired) electrons. The summed E-state index contributed by atoms with van der Waals surface area (Å²) in [5.74, 6) is 1.72. The Labute approximate surface area is 102 Å². The van der Waals surface area contributed by atoms with Crippen LogP contribution in [0.25, 0.3) is 0 Å². The smallest absolute Gasteiger partial charge is 0.00956 e. The number of rotatable bonds is 5. The molecular formula is C14H30N2. The average Bonchev–Trinajstić information content (AvgIpc) is 2.23. The highest BCUT2D eigenvalue weighted by Crippen LogP contribution is 2.28. The van der Waals surface area contributed by atoms with Gasteiger partial charge in [0.25, 0.3) is 0 Å². The van der Waals surface area contributed by atoms with Crippen LogP contribution in [0.5, 0.6) is 0 Å². The minimum Gasteiger partial charge on any atom is -0.317 e. The highest BCUT2D eigenvalue weighted by atomic mass is 15.2. The van der Waals surface area contributed by atoms with Gasteiger partial charge >= 0.3 is 0 Å². The monoisotopic (exact) mass is 226 g/mol. The third kappa shape index (κ3) is 3.74. The van der Waals surface area contributed by atoms with Crippen LogP contribution < -0.4 is 5.32 Å². The lowest BCUT2D eigenvalue weighted by Gasteiger charge is -2.44. The standard InChI is InChI=1S/C14H30N2/c1-6-15-8-7-13(4)16-10-11(2)9-12(3)14(16)5/h11-15H,6-10H2,1-5H3. The Kier molecular flexibility index (Phi) is 5.77. The summed E-state index contributed by atoms with van der Waals surface area (Å²) in [6.07, 6.45) is 2.68. The van der Waals surface area contributed by atoms with Gasteiger partial charge < -0.3 is 5.32 Å². The van der Waals surface area contributed by atoms with E-state index >= 15 is 0 Å². The Bertz CT molecular complexity index is 193. The van der Waals surface area contributed by atoms with E-state index in [1.165, 1.54) is 19.4 Å². The fraction of sp³-hybridized carbons (Fsp3) is 1.00. The van der Waals surface area contributed by atoms with E-state index in [2.05, 4.69) is 44.8 Å². The zero-order valence-corrected chi connectivity index (χ0v) is 11.8. The summed E-state index contributed by atoms with van der Waals surface area (Å²) in [6.45, 7) is 15.3. The first kappa shape index (κ1) is 14.0. The number of nitrogens with zero attached hydrogens (tertiary/aromatic N) is 1. The highest BCUT2D eigenvalue weighted by molar-refractivity contribution is 4.85. The van der Waals surface area contributed by atoms with Crippen LogP contribution in [0.1, 0.15) is 47.5 Å². The topological polar surface area (TPSA) is 15.3 Å². The average molecular weight is 226 g/mol. The fourth-order valence-corrected chi connectivity index (χ4v) is 2.99. The Morgan fingerprint density at radius 3 is 2.62 bits per heavy atom. The van der Waals surface area contributed by atoms with Crippen LogP contribution in [-0.4, -0.2) is 36.6 Å². The second-order valence-corrected chi connectivity index (χ2v) is 5.75. The maximum atomic E-state index is 3.43. The van der Waals surface area contributed by atoms with Crippen LogP contribution in [0, 0.1) is 11.8 Å². The summed E-state index contributed by atoms with van der Waals surface area (Å²) in [6, 6.07) is 1.48. The van der Waals surface area contributed by atoms with Gasteiger partial charge in [0.05, 0.1) is 0 Å². The van der Waals surface area contributed by atoms with E-state index in [0.717, 1.165) is 37.0 Å². The van der Waals surface area contributed by atoms with Gasteiger partial charge in [0, 0.05) is 18.6 Å². The summed E-state index contributed by atoms with van der Waals surface area (Å²) in [7, 11) is 0. The minimum atomic E-state index is 0.722. The van der Waals surface area contributed by atoms with Crippen molar-refractivity contribution in [1.29, 1.82) is 0 Å². The molecule has 1 aliphatic heterocycles. The van der Waals surface area contributed by atoms with E-state index in [1.807, 2.05) is 0 Å². The van der Waals surface area contributed by atoms with Crippen LogP contribution in [-0.2, 0) is 0 Å². The van der Waals surface area contributed by atoms with Gasteiger partial charge in [-0.05, 0) is 51.6 Å². The Morgan fingerprint density at radius 1 is 1.31 bits per heavy atom. The molecular weight excluding hydrogens is 196 g/mol. The van der Waals surface area contributed by atoms with Gasteiger partial charge in [-0.25, -0.2) is 0 Å². The van der Waals surface area contributed by atoms with Gasteiger partial charge in [0.2, 0.25) is 0 Å². The van der Waals surface area contributed by atoms with Crippen molar-refractivity contribution in [2.24, 2.45) is 11.8 Å². The van der Waals surface area contributed by atoms with E-state index in [9.17, 15) is 0 Å². The molecule has 2 heteroatoms. The molecule has 0 aromatic carbocycles. The van der Waals surface area contributed by atoms with Gasteiger partial charge in [0.1, 0.15) is 0 Å². The molecule has 2 nitrogen and oxygen atoms in total. The quantitative estimate of drug-likeness (QED) is 0.725. The molecule has 1 saturated heterocycles. The lowest BCUT2D eigenvalue weighted by Crippen LogP contribution is -2.50. The lowest BCUT2D eigenvalue weighted by molar-refractivity contribution is 0.0437. The third-order valence-electron chi connectivity index (χ3n) is 4.20. The number of likely N-dealkylation sites (tertiary alicyclic amines) is 1. The molecule has 16 heavy (non-hydrogen) atoms. The van der Waals surface area contributed by atoms with Crippen LogP contribution >= 0.6 is 0 Å². The molecule has 0 saturated carbocycles. The molecule has 96 valence electrons. The SMILES string of the molecule is CCNCCC(C)N1CC(C)CC(C)C1C. The van der Waals surface area contributed by atoms with E-state index in [4.69, 9.17) is 0 Å². The summed E-state index contributed by atoms with van der Waals surface area (Å²) in [5.41, 5.74) is 0. The van der Waals surface area contributed by atoms with E-state index in [1.54, 1.807) is 0 Å². The van der Waals surface area contributed by atoms with Crippen LogP contribution in [0.15, 0.2) is 0 Å². The highest BCUT2D eigenvalue weighted by Gasteiger charge is 2.31. The normalized spacial score (nSPS) is 33.9. The van der Waals surface area contributed by atoms with Crippen molar-refractivity contribution in [3.8, 4) is 0 Å². The number of nitrogens with one attached hydrogen (secondary N) is 1. The van der Waals surface area contributed by atoms with E-state index in [0.29, 0.717) is 0 Å². The van der Waals surface area contributed by atoms with Crippen molar-refractivity contribution >= 4 is 0 Å². The Hall–Kier alpha value is -0.0800. The largest absolute Gasteiger partial charge is 0.317 e. The minimum absolute atomic E-state index is 0.722. The number of piperidine rings is 1. The molecule has 0 spiro atoms. The van der Waals surface area contributed by atoms with Crippen molar-refractivity contribution in [2.75, 3.05) is 19.6 Å². The first-order valence-electron chi connectivity index (χ1n) is 7.02. The molecule has 1 rings (SSSR count). The van der Waals surface area contributed by atoms with Gasteiger partial charge in [-0.1, -0.05) is 20.8 Å². The Balaban J connectivity index is 2.42. The van der Waals surface area contributed by atoms with Gasteiger partial charge in [-0.15, -0.1) is 0 Å². The molecule has 1 N–H and O–H groups in total. The molecule has 1 aliphatic rings. The molecule has 4 unspecified atom stereocenters. The Morgan fingerprint density at radius 2 is 2.00 bits per heavy atom. The van der Waals surface area contributed by atoms with Crippen LogP contribution in [0.3, 0.4) is 0 Å². The van der Waals surface area contributed by atoms with Crippen molar-refractivity contribution in [3.63, 3.8) is 0 Å². The molecule has 0 aromatic heterocycles. The molecule has 0 aromatic rings. The third-order valence-corrected chi connectivity index (χ3v) is 4.20. The first-order chi connectivity index (χ1) is 7.56. The van der Waals surface area contributed by atoms with Crippen molar-refractivity contribution in [3.05, 3.63) is 0 Å². The van der Waals surface area contributed by atoms with Crippen molar-refractivity contribution < 1.29 is 0 Å². The molecule has 0 amide bonds. The van der Waals surface area contributed by atoms with Crippen molar-refractivity contribution in [1.82, 2.24) is 10.2 Å². The van der Waals surface area contributed by atoms with Crippen LogP contribution in [0.2, 0.25) is 0 Å². The van der Waals surface area contributed by atoms with E-state index < -0.39 is 0 Å². The van der Waals surface area contributed by atoms with Gasteiger partial charge in [-0.2, -0.15) is 0 Å². The summed E-state index contributed by atoms with van der Waals surface area (Å²) < 4.78 is 0. The predicted molar refractivity (Wildman–Crippen MR) is 71.7 cm³/mol. The molecule has 1 heterocycles. The van der Waals surface area contributed by atoms with E-state index in [-0.39, 0.29) is 0 Å². The summed E-state index contributed by atoms with van der Waals surface area (Å²) >= 11 is 0. The zero-order valence-electron chi connectivity index (χ0n) is 11.8. The molecule has 0 bridgehead atoms. The number of hydrogen-bond acceptors (Lipinski definition) is 2. The second kappa shape index (κ2) is 6.61. The fourth-order valence-electron chi connectivity index (χ4n) is 2.99. The second-order valence-electron chi connectivity index (χ2n) is 5.75. The van der Waals surface area contributed by atoms with Gasteiger partial charge in [0.15, 0.2) is 0 Å². The molecule has 1 fully saturated rings. The maximum Gasteiger partial charge on any atom is 0.00956 e. The van der Waals surface area contributed by atoms with Crippen molar-refractivity contribution in [2.45, 2.75) is 59.5 Å². The molecule has 4 atom stereocenters. The zero-order chi connectivity index (χ0) is 12.1. The summed E-state index contributed by atoms with van der Waals surface area (Å²) in [5, 5.41) is 3.43. The van der Waals surface area contributed by atoms with Gasteiger partial charge in [-0.3, -0.25) is 4.90 Å².